The van der Waals surface area contributed by atoms with E-state index in [1.165, 1.54) is 30.5 Å². The zero-order valence-corrected chi connectivity index (χ0v) is 13.0. The third-order valence-electron chi connectivity index (χ3n) is 3.61. The number of hydrogen-bond donors (Lipinski definition) is 1. The monoisotopic (exact) mass is 364 g/mol. The Hall–Kier alpha value is -3.43. The van der Waals surface area contributed by atoms with Crippen LogP contribution >= 0.6 is 0 Å². The Morgan fingerprint density at radius 2 is 1.96 bits per heavy atom. The molecule has 1 aromatic carbocycles. The molecule has 0 fully saturated rings. The van der Waals surface area contributed by atoms with Gasteiger partial charge in [0.15, 0.2) is 0 Å². The molecule has 0 saturated heterocycles. The van der Waals surface area contributed by atoms with Crippen molar-refractivity contribution in [3.05, 3.63) is 80.3 Å². The topological polar surface area (TPSA) is 89.5 Å². The van der Waals surface area contributed by atoms with Crippen molar-refractivity contribution in [3.8, 4) is 0 Å². The van der Waals surface area contributed by atoms with Crippen molar-refractivity contribution in [1.29, 1.82) is 0 Å². The summed E-state index contributed by atoms with van der Waals surface area (Å²) in [7, 11) is 0. The average Bonchev–Trinajstić information content (AvgIpc) is 2.59. The standard InChI is InChI=1S/C16H11F3N4O3/c17-16(18,19)11-5-3-4-10(8-11)9-20-14-13(23(25)26)15(24)22-7-2-1-6-12(22)21-14/h1-8,20H,9H2. The van der Waals surface area contributed by atoms with Crippen LogP contribution in [0.15, 0.2) is 53.5 Å². The van der Waals surface area contributed by atoms with Crippen LogP contribution in [0.2, 0.25) is 0 Å². The van der Waals surface area contributed by atoms with Gasteiger partial charge in [-0.15, -0.1) is 0 Å². The van der Waals surface area contributed by atoms with Crippen LogP contribution in [0, 0.1) is 10.1 Å². The van der Waals surface area contributed by atoms with Crippen molar-refractivity contribution in [2.75, 3.05) is 5.32 Å². The van der Waals surface area contributed by atoms with E-state index in [1.54, 1.807) is 6.07 Å². The third-order valence-corrected chi connectivity index (χ3v) is 3.61. The average molecular weight is 364 g/mol. The van der Waals surface area contributed by atoms with E-state index in [-0.39, 0.29) is 23.6 Å². The number of alkyl halides is 3. The van der Waals surface area contributed by atoms with E-state index in [0.29, 0.717) is 0 Å². The molecular weight excluding hydrogens is 353 g/mol. The van der Waals surface area contributed by atoms with Gasteiger partial charge in [0.1, 0.15) is 5.65 Å². The second-order valence-electron chi connectivity index (χ2n) is 5.35. The van der Waals surface area contributed by atoms with Gasteiger partial charge in [0.2, 0.25) is 5.82 Å². The highest BCUT2D eigenvalue weighted by Gasteiger charge is 2.30. The fraction of sp³-hybridized carbons (Fsp3) is 0.125. The summed E-state index contributed by atoms with van der Waals surface area (Å²) in [5.74, 6) is -0.302. The van der Waals surface area contributed by atoms with E-state index in [2.05, 4.69) is 10.3 Å². The fourth-order valence-electron chi connectivity index (χ4n) is 2.41. The maximum absolute atomic E-state index is 12.8. The van der Waals surface area contributed by atoms with Gasteiger partial charge in [-0.3, -0.25) is 19.3 Å². The normalized spacial score (nSPS) is 11.5. The number of anilines is 1. The Balaban J connectivity index is 1.98. The van der Waals surface area contributed by atoms with Crippen molar-refractivity contribution in [3.63, 3.8) is 0 Å². The molecule has 7 nitrogen and oxygen atoms in total. The Morgan fingerprint density at radius 1 is 1.19 bits per heavy atom. The highest BCUT2D eigenvalue weighted by Crippen LogP contribution is 2.29. The Labute approximate surface area is 143 Å². The van der Waals surface area contributed by atoms with Crippen LogP contribution in [0.1, 0.15) is 11.1 Å². The van der Waals surface area contributed by atoms with Gasteiger partial charge in [0.25, 0.3) is 0 Å². The molecule has 0 atom stereocenters. The molecule has 0 spiro atoms. The lowest BCUT2D eigenvalue weighted by molar-refractivity contribution is -0.385. The van der Waals surface area contributed by atoms with Gasteiger partial charge in [-0.05, 0) is 29.8 Å². The number of nitro groups is 1. The smallest absolute Gasteiger partial charge is 0.360 e. The molecule has 0 aliphatic heterocycles. The van der Waals surface area contributed by atoms with Gasteiger partial charge in [0.05, 0.1) is 10.5 Å². The Bertz CT molecular complexity index is 1050. The number of aromatic nitrogens is 2. The van der Waals surface area contributed by atoms with E-state index in [1.807, 2.05) is 0 Å². The minimum atomic E-state index is -4.50. The largest absolute Gasteiger partial charge is 0.416 e. The van der Waals surface area contributed by atoms with Crippen LogP contribution in [0.3, 0.4) is 0 Å². The lowest BCUT2D eigenvalue weighted by Crippen LogP contribution is -2.21. The van der Waals surface area contributed by atoms with E-state index >= 15 is 0 Å². The predicted octanol–water partition coefficient (Wildman–Crippen LogP) is 3.23. The van der Waals surface area contributed by atoms with Gasteiger partial charge in [-0.2, -0.15) is 13.2 Å². The second kappa shape index (κ2) is 6.47. The van der Waals surface area contributed by atoms with E-state index in [4.69, 9.17) is 0 Å². The molecule has 0 bridgehead atoms. The van der Waals surface area contributed by atoms with Crippen LogP contribution in [0.4, 0.5) is 24.7 Å². The molecule has 0 aliphatic carbocycles. The summed E-state index contributed by atoms with van der Waals surface area (Å²) in [5.41, 5.74) is -2.08. The highest BCUT2D eigenvalue weighted by atomic mass is 19.4. The molecule has 1 N–H and O–H groups in total. The van der Waals surface area contributed by atoms with E-state index in [0.717, 1.165) is 16.5 Å². The van der Waals surface area contributed by atoms with Crippen LogP contribution in [0.5, 0.6) is 0 Å². The molecule has 0 amide bonds. The Morgan fingerprint density at radius 3 is 2.65 bits per heavy atom. The fourth-order valence-corrected chi connectivity index (χ4v) is 2.41. The zero-order chi connectivity index (χ0) is 18.9. The molecule has 3 rings (SSSR count). The van der Waals surface area contributed by atoms with E-state index in [9.17, 15) is 28.1 Å². The molecule has 10 heteroatoms. The molecule has 0 aliphatic rings. The van der Waals surface area contributed by atoms with Crippen LogP contribution < -0.4 is 10.9 Å². The summed E-state index contributed by atoms with van der Waals surface area (Å²) in [6.07, 6.45) is -3.16. The molecule has 26 heavy (non-hydrogen) atoms. The molecule has 2 aromatic heterocycles. The van der Waals surface area contributed by atoms with Gasteiger partial charge in [-0.1, -0.05) is 18.2 Å². The molecule has 134 valence electrons. The molecule has 3 aromatic rings. The number of fused-ring (bicyclic) bond motifs is 1. The van der Waals surface area contributed by atoms with Crippen LogP contribution in [0.25, 0.3) is 5.65 Å². The minimum absolute atomic E-state index is 0.166. The summed E-state index contributed by atoms with van der Waals surface area (Å²) >= 11 is 0. The van der Waals surface area contributed by atoms with Crippen molar-refractivity contribution < 1.29 is 18.1 Å². The van der Waals surface area contributed by atoms with Crippen molar-refractivity contribution in [2.45, 2.75) is 12.7 Å². The number of benzene rings is 1. The number of nitrogens with one attached hydrogen (secondary N) is 1. The number of hydrogen-bond acceptors (Lipinski definition) is 5. The van der Waals surface area contributed by atoms with Gasteiger partial charge in [-0.25, -0.2) is 4.98 Å². The third kappa shape index (κ3) is 3.34. The summed E-state index contributed by atoms with van der Waals surface area (Å²) in [6, 6.07) is 9.12. The summed E-state index contributed by atoms with van der Waals surface area (Å²) < 4.78 is 39.3. The number of nitrogens with zero attached hydrogens (tertiary/aromatic N) is 3. The van der Waals surface area contributed by atoms with Gasteiger partial charge < -0.3 is 5.32 Å². The van der Waals surface area contributed by atoms with Crippen molar-refractivity contribution in [2.24, 2.45) is 0 Å². The summed E-state index contributed by atoms with van der Waals surface area (Å²) in [5, 5.41) is 13.8. The maximum Gasteiger partial charge on any atom is 0.416 e. The van der Waals surface area contributed by atoms with Crippen LogP contribution in [-0.4, -0.2) is 14.3 Å². The quantitative estimate of drug-likeness (QED) is 0.567. The van der Waals surface area contributed by atoms with Gasteiger partial charge >= 0.3 is 17.4 Å². The number of halogens is 3. The lowest BCUT2D eigenvalue weighted by Gasteiger charge is -2.10. The zero-order valence-electron chi connectivity index (χ0n) is 13.0. The molecular formula is C16H11F3N4O3. The number of pyridine rings is 1. The SMILES string of the molecule is O=c1c([N+](=O)[O-])c(NCc2cccc(C(F)(F)F)c2)nc2ccccn12. The lowest BCUT2D eigenvalue weighted by atomic mass is 10.1. The molecule has 0 saturated carbocycles. The van der Waals surface area contributed by atoms with Gasteiger partial charge in [0, 0.05) is 12.7 Å². The minimum Gasteiger partial charge on any atom is -0.360 e. The number of rotatable bonds is 4. The van der Waals surface area contributed by atoms with E-state index < -0.39 is 27.9 Å². The first kappa shape index (κ1) is 17.4. The maximum atomic E-state index is 12.8. The van der Waals surface area contributed by atoms with Crippen LogP contribution in [-0.2, 0) is 12.7 Å². The first-order valence-electron chi connectivity index (χ1n) is 7.33. The molecule has 0 unspecified atom stereocenters. The summed E-state index contributed by atoms with van der Waals surface area (Å²) in [4.78, 5) is 26.7. The first-order valence-corrected chi connectivity index (χ1v) is 7.33. The molecule has 0 radical (unpaired) electrons. The predicted molar refractivity (Wildman–Crippen MR) is 86.9 cm³/mol. The molecule has 2 heterocycles. The van der Waals surface area contributed by atoms with Crippen molar-refractivity contribution >= 4 is 17.2 Å². The second-order valence-corrected chi connectivity index (χ2v) is 5.35. The highest BCUT2D eigenvalue weighted by molar-refractivity contribution is 5.60. The summed E-state index contributed by atoms with van der Waals surface area (Å²) in [6.45, 7) is -0.166. The first-order chi connectivity index (χ1) is 12.3. The Kier molecular flexibility index (Phi) is 4.33. The van der Waals surface area contributed by atoms with Crippen molar-refractivity contribution in [1.82, 2.24) is 9.38 Å².